The van der Waals surface area contributed by atoms with Crippen LogP contribution in [-0.2, 0) is 11.3 Å². The van der Waals surface area contributed by atoms with Crippen molar-refractivity contribution < 1.29 is 18.9 Å². The van der Waals surface area contributed by atoms with Crippen LogP contribution in [0.5, 0.6) is 17.2 Å². The SMILES string of the molecule is CCOc1cccc(OCCN(CCCOC)Cc2ccc(OC)cc2)c1. The number of hydrogen-bond donors (Lipinski definition) is 0. The van der Waals surface area contributed by atoms with E-state index in [1.54, 1.807) is 14.2 Å². The maximum Gasteiger partial charge on any atom is 0.123 e. The van der Waals surface area contributed by atoms with E-state index in [0.29, 0.717) is 13.2 Å². The summed E-state index contributed by atoms with van der Waals surface area (Å²) in [5, 5.41) is 0. The summed E-state index contributed by atoms with van der Waals surface area (Å²) in [4.78, 5) is 2.38. The fourth-order valence-corrected chi connectivity index (χ4v) is 2.80. The van der Waals surface area contributed by atoms with Crippen molar-refractivity contribution in [3.05, 3.63) is 54.1 Å². The van der Waals surface area contributed by atoms with E-state index in [1.165, 1.54) is 5.56 Å². The van der Waals surface area contributed by atoms with Crippen LogP contribution in [0.25, 0.3) is 0 Å². The van der Waals surface area contributed by atoms with Gasteiger partial charge in [-0.2, -0.15) is 0 Å². The molecular weight excluding hydrogens is 342 g/mol. The Bertz CT molecular complexity index is 645. The molecule has 0 aliphatic rings. The van der Waals surface area contributed by atoms with Gasteiger partial charge in [-0.3, -0.25) is 4.90 Å². The molecule has 0 radical (unpaired) electrons. The molecule has 0 aliphatic heterocycles. The van der Waals surface area contributed by atoms with Gasteiger partial charge in [-0.1, -0.05) is 18.2 Å². The van der Waals surface area contributed by atoms with Crippen LogP contribution < -0.4 is 14.2 Å². The van der Waals surface area contributed by atoms with Crippen molar-refractivity contribution >= 4 is 0 Å². The molecule has 2 rings (SSSR count). The highest BCUT2D eigenvalue weighted by atomic mass is 16.5. The lowest BCUT2D eigenvalue weighted by atomic mass is 10.2. The molecular formula is C22H31NO4. The highest BCUT2D eigenvalue weighted by molar-refractivity contribution is 5.33. The number of ether oxygens (including phenoxy) is 4. The number of benzene rings is 2. The minimum Gasteiger partial charge on any atom is -0.497 e. The molecule has 0 bridgehead atoms. The Hall–Kier alpha value is -2.24. The molecule has 0 unspecified atom stereocenters. The Morgan fingerprint density at radius 1 is 0.815 bits per heavy atom. The van der Waals surface area contributed by atoms with E-state index in [9.17, 15) is 0 Å². The van der Waals surface area contributed by atoms with Gasteiger partial charge in [0.25, 0.3) is 0 Å². The molecule has 5 heteroatoms. The molecule has 148 valence electrons. The predicted octanol–water partition coefficient (Wildman–Crippen LogP) is 4.01. The summed E-state index contributed by atoms with van der Waals surface area (Å²) in [7, 11) is 3.42. The first-order chi connectivity index (χ1) is 13.2. The van der Waals surface area contributed by atoms with Gasteiger partial charge in [0.2, 0.25) is 0 Å². The number of hydrogen-bond acceptors (Lipinski definition) is 5. The molecule has 0 N–H and O–H groups in total. The van der Waals surface area contributed by atoms with Gasteiger partial charge >= 0.3 is 0 Å². The van der Waals surface area contributed by atoms with Crippen LogP contribution in [0.3, 0.4) is 0 Å². The van der Waals surface area contributed by atoms with Crippen LogP contribution in [0.15, 0.2) is 48.5 Å². The van der Waals surface area contributed by atoms with Crippen LogP contribution in [0.2, 0.25) is 0 Å². The van der Waals surface area contributed by atoms with Gasteiger partial charge in [0, 0.05) is 39.4 Å². The Morgan fingerprint density at radius 3 is 2.22 bits per heavy atom. The second kappa shape index (κ2) is 12.2. The van der Waals surface area contributed by atoms with Crippen molar-refractivity contribution in [3.8, 4) is 17.2 Å². The minimum atomic E-state index is 0.624. The highest BCUT2D eigenvalue weighted by Crippen LogP contribution is 2.19. The van der Waals surface area contributed by atoms with E-state index in [-0.39, 0.29) is 0 Å². The first-order valence-corrected chi connectivity index (χ1v) is 9.45. The molecule has 2 aromatic rings. The van der Waals surface area contributed by atoms with Gasteiger partial charge in [-0.25, -0.2) is 0 Å². The third-order valence-electron chi connectivity index (χ3n) is 4.18. The highest BCUT2D eigenvalue weighted by Gasteiger charge is 2.07. The van der Waals surface area contributed by atoms with Crippen LogP contribution in [-0.4, -0.2) is 52.0 Å². The van der Waals surface area contributed by atoms with E-state index < -0.39 is 0 Å². The monoisotopic (exact) mass is 373 g/mol. The van der Waals surface area contributed by atoms with Gasteiger partial charge in [0.1, 0.15) is 23.9 Å². The summed E-state index contributed by atoms with van der Waals surface area (Å²) in [6, 6.07) is 16.0. The Balaban J connectivity index is 1.88. The lowest BCUT2D eigenvalue weighted by molar-refractivity contribution is 0.156. The second-order valence-electron chi connectivity index (χ2n) is 6.23. The van der Waals surface area contributed by atoms with E-state index >= 15 is 0 Å². The van der Waals surface area contributed by atoms with Crippen molar-refractivity contribution in [2.45, 2.75) is 19.9 Å². The standard InChI is InChI=1S/C22H31NO4/c1-4-26-21-7-5-8-22(17-21)27-16-14-23(13-6-15-24-2)18-19-9-11-20(25-3)12-10-19/h5,7-12,17H,4,6,13-16,18H2,1-3H3. The molecule has 27 heavy (non-hydrogen) atoms. The minimum absolute atomic E-state index is 0.624. The molecule has 5 nitrogen and oxygen atoms in total. The summed E-state index contributed by atoms with van der Waals surface area (Å²) >= 11 is 0. The maximum atomic E-state index is 5.93. The first-order valence-electron chi connectivity index (χ1n) is 9.45. The van der Waals surface area contributed by atoms with Crippen molar-refractivity contribution in [2.24, 2.45) is 0 Å². The summed E-state index contributed by atoms with van der Waals surface area (Å²) in [6.07, 6.45) is 0.993. The average molecular weight is 373 g/mol. The fourth-order valence-electron chi connectivity index (χ4n) is 2.80. The van der Waals surface area contributed by atoms with Crippen molar-refractivity contribution in [2.75, 3.05) is 47.1 Å². The molecule has 0 saturated heterocycles. The molecule has 0 fully saturated rings. The first kappa shape index (κ1) is 21.1. The molecule has 0 atom stereocenters. The quantitative estimate of drug-likeness (QED) is 0.496. The third kappa shape index (κ3) is 7.89. The lowest BCUT2D eigenvalue weighted by Crippen LogP contribution is -2.29. The van der Waals surface area contributed by atoms with Gasteiger partial charge in [-0.05, 0) is 43.2 Å². The fraction of sp³-hybridized carbons (Fsp3) is 0.455. The van der Waals surface area contributed by atoms with Gasteiger partial charge in [-0.15, -0.1) is 0 Å². The summed E-state index contributed by atoms with van der Waals surface area (Å²) in [5.41, 5.74) is 1.26. The summed E-state index contributed by atoms with van der Waals surface area (Å²) < 4.78 is 21.9. The molecule has 0 amide bonds. The predicted molar refractivity (Wildman–Crippen MR) is 108 cm³/mol. The van der Waals surface area contributed by atoms with E-state index in [4.69, 9.17) is 18.9 Å². The van der Waals surface area contributed by atoms with Crippen molar-refractivity contribution in [1.29, 1.82) is 0 Å². The van der Waals surface area contributed by atoms with Gasteiger partial charge in [0.15, 0.2) is 0 Å². The topological polar surface area (TPSA) is 40.2 Å². The summed E-state index contributed by atoms with van der Waals surface area (Å²) in [6.45, 7) is 6.69. The number of nitrogens with zero attached hydrogens (tertiary/aromatic N) is 1. The van der Waals surface area contributed by atoms with E-state index in [0.717, 1.165) is 49.9 Å². The van der Waals surface area contributed by atoms with Crippen molar-refractivity contribution in [3.63, 3.8) is 0 Å². The van der Waals surface area contributed by atoms with Crippen LogP contribution in [0, 0.1) is 0 Å². The molecule has 0 aromatic heterocycles. The van der Waals surface area contributed by atoms with E-state index in [2.05, 4.69) is 17.0 Å². The normalized spacial score (nSPS) is 10.8. The molecule has 0 heterocycles. The van der Waals surface area contributed by atoms with E-state index in [1.807, 2.05) is 43.3 Å². The zero-order valence-electron chi connectivity index (χ0n) is 16.6. The van der Waals surface area contributed by atoms with Crippen LogP contribution >= 0.6 is 0 Å². The van der Waals surface area contributed by atoms with Crippen molar-refractivity contribution in [1.82, 2.24) is 4.90 Å². The molecule has 0 spiro atoms. The Kier molecular flexibility index (Phi) is 9.52. The zero-order valence-corrected chi connectivity index (χ0v) is 16.6. The Labute approximate surface area is 162 Å². The number of methoxy groups -OCH3 is 2. The Morgan fingerprint density at radius 2 is 1.56 bits per heavy atom. The smallest absolute Gasteiger partial charge is 0.123 e. The van der Waals surface area contributed by atoms with Crippen LogP contribution in [0.1, 0.15) is 18.9 Å². The number of rotatable bonds is 13. The van der Waals surface area contributed by atoms with Crippen LogP contribution in [0.4, 0.5) is 0 Å². The average Bonchev–Trinajstić information content (AvgIpc) is 2.69. The maximum absolute atomic E-state index is 5.93. The molecule has 0 saturated carbocycles. The molecule has 0 aliphatic carbocycles. The second-order valence-corrected chi connectivity index (χ2v) is 6.23. The zero-order chi connectivity index (χ0) is 19.3. The summed E-state index contributed by atoms with van der Waals surface area (Å²) in [5.74, 6) is 2.55. The molecule has 2 aromatic carbocycles. The lowest BCUT2D eigenvalue weighted by Gasteiger charge is -2.22. The third-order valence-corrected chi connectivity index (χ3v) is 4.18. The van der Waals surface area contributed by atoms with Gasteiger partial charge in [0.05, 0.1) is 13.7 Å². The van der Waals surface area contributed by atoms with Gasteiger partial charge < -0.3 is 18.9 Å². The largest absolute Gasteiger partial charge is 0.497 e.